The largest absolute Gasteiger partial charge is 0.511 e. The molecule has 58 heavy (non-hydrogen) atoms. The maximum absolute atomic E-state index is 13.1. The Morgan fingerprint density at radius 1 is 1.02 bits per heavy atom. The molecule has 16 heteroatoms. The zero-order valence-electron chi connectivity index (χ0n) is 34.3. The highest BCUT2D eigenvalue weighted by Gasteiger charge is 2.35. The number of thioether (sulfide) groups is 1. The first-order valence-electron chi connectivity index (χ1n) is 19.2. The van der Waals surface area contributed by atoms with Crippen molar-refractivity contribution in [3.05, 3.63) is 97.5 Å². The number of aliphatic hydroxyl groups excluding tert-OH is 1. The number of carbonyl (C=O) groups is 2. The van der Waals surface area contributed by atoms with Gasteiger partial charge in [-0.1, -0.05) is 51.4 Å². The third-order valence-electron chi connectivity index (χ3n) is 9.20. The lowest BCUT2D eigenvalue weighted by molar-refractivity contribution is -0.148. The molecule has 0 fully saturated rings. The number of methoxy groups -OCH3 is 1. The van der Waals surface area contributed by atoms with Crippen LogP contribution in [-0.2, 0) is 45.4 Å². The number of ketones is 1. The molecule has 2 aromatic carbocycles. The van der Waals surface area contributed by atoms with Crippen molar-refractivity contribution in [1.82, 2.24) is 9.13 Å². The summed E-state index contributed by atoms with van der Waals surface area (Å²) < 4.78 is 56.5. The predicted octanol–water partition coefficient (Wildman–Crippen LogP) is 8.14. The molecular formula is C42H54F3N3O9S. The minimum atomic E-state index is -4.84. The van der Waals surface area contributed by atoms with Crippen molar-refractivity contribution in [3.63, 3.8) is 0 Å². The second-order valence-electron chi connectivity index (χ2n) is 13.6. The number of hydrogen-bond donors (Lipinski definition) is 1. The maximum atomic E-state index is 13.1. The number of aromatic nitrogens is 2. The molecule has 3 aromatic rings. The van der Waals surface area contributed by atoms with Crippen LogP contribution in [0.4, 0.5) is 13.2 Å². The molecule has 0 aliphatic heterocycles. The molecule has 0 amide bonds. The Labute approximate surface area is 341 Å². The first-order chi connectivity index (χ1) is 27.5. The van der Waals surface area contributed by atoms with Crippen LogP contribution in [-0.4, -0.2) is 62.5 Å². The Hall–Kier alpha value is -4.99. The predicted molar refractivity (Wildman–Crippen MR) is 218 cm³/mol. The van der Waals surface area contributed by atoms with Crippen LogP contribution in [0.1, 0.15) is 90.5 Å². The summed E-state index contributed by atoms with van der Waals surface area (Å²) in [4.78, 5) is 54.1. The highest BCUT2D eigenvalue weighted by molar-refractivity contribution is 7.99. The fourth-order valence-electron chi connectivity index (χ4n) is 6.32. The Kier molecular flexibility index (Phi) is 18.2. The molecule has 3 unspecified atom stereocenters. The molecule has 1 aliphatic carbocycles. The Morgan fingerprint density at radius 2 is 1.71 bits per heavy atom. The van der Waals surface area contributed by atoms with Gasteiger partial charge in [0.25, 0.3) is 5.56 Å². The normalized spacial score (nSPS) is 15.6. The van der Waals surface area contributed by atoms with Crippen LogP contribution >= 0.6 is 11.8 Å². The number of halogens is 3. The van der Waals surface area contributed by atoms with Gasteiger partial charge in [-0.05, 0) is 80.7 Å². The first-order valence-corrected chi connectivity index (χ1v) is 20.3. The van der Waals surface area contributed by atoms with Gasteiger partial charge in [0, 0.05) is 36.8 Å². The molecular weight excluding hydrogens is 780 g/mol. The zero-order chi connectivity index (χ0) is 43.2. The number of benzene rings is 2. The molecule has 0 spiro atoms. The SMILES string of the molecule is CCC/C(=N/OCC)C1=C(O)CC(CC(C)SCC)CC1=O.CCc1ccc(COc2ccc(-n3c(=O)cc(C(F)(F)F)n(C)c3=O)cc2)c(OC(C)C(=O)OC)c1. The first kappa shape index (κ1) is 47.4. The summed E-state index contributed by atoms with van der Waals surface area (Å²) >= 11 is 1.90. The van der Waals surface area contributed by atoms with Gasteiger partial charge in [0.2, 0.25) is 0 Å². The van der Waals surface area contributed by atoms with Gasteiger partial charge in [-0.2, -0.15) is 24.9 Å². The standard InChI is InChI=1S/C25H25F3N2O6.C17H29NO3S/c1-5-16-6-7-17(20(12-16)36-15(2)23(32)34-4)14-35-19-10-8-18(9-11-19)30-22(31)13-21(25(26,27)28)29(3)24(30)33;1-5-8-14(18-21-6-2)17-15(19)10-13(11-16(17)20)9-12(4)22-7-3/h6-13,15H,5,14H2,1-4H3;12-13,19H,5-11H2,1-4H3/b;18-14-. The van der Waals surface area contributed by atoms with E-state index >= 15 is 0 Å². The number of allylic oxidation sites excluding steroid dienone is 2. The van der Waals surface area contributed by atoms with E-state index in [2.05, 4.69) is 19.0 Å². The number of hydrogen-bond acceptors (Lipinski definition) is 11. The summed E-state index contributed by atoms with van der Waals surface area (Å²) in [5, 5.41) is 14.9. The number of Topliss-reactive ketones (excluding diaryl/α,β-unsaturated/α-hetero) is 1. The third-order valence-corrected chi connectivity index (χ3v) is 10.3. The number of esters is 1. The van der Waals surface area contributed by atoms with Gasteiger partial charge in [0.15, 0.2) is 11.9 Å². The minimum Gasteiger partial charge on any atom is -0.511 e. The van der Waals surface area contributed by atoms with Gasteiger partial charge in [0.05, 0.1) is 24.1 Å². The van der Waals surface area contributed by atoms with Gasteiger partial charge in [0.1, 0.15) is 36.2 Å². The Morgan fingerprint density at radius 3 is 2.28 bits per heavy atom. The van der Waals surface area contributed by atoms with Gasteiger partial charge >= 0.3 is 17.8 Å². The molecule has 12 nitrogen and oxygen atoms in total. The van der Waals surface area contributed by atoms with E-state index in [1.165, 1.54) is 31.4 Å². The number of alkyl halides is 3. The molecule has 3 atom stereocenters. The van der Waals surface area contributed by atoms with E-state index in [0.717, 1.165) is 37.6 Å². The summed E-state index contributed by atoms with van der Waals surface area (Å²) in [6.45, 7) is 12.3. The van der Waals surface area contributed by atoms with E-state index in [4.69, 9.17) is 19.0 Å². The smallest absolute Gasteiger partial charge is 0.431 e. The van der Waals surface area contributed by atoms with Crippen molar-refractivity contribution in [3.8, 4) is 17.2 Å². The van der Waals surface area contributed by atoms with Crippen LogP contribution in [0.5, 0.6) is 11.5 Å². The van der Waals surface area contributed by atoms with E-state index in [1.807, 2.05) is 50.7 Å². The van der Waals surface area contributed by atoms with Crippen molar-refractivity contribution in [1.29, 1.82) is 0 Å². The van der Waals surface area contributed by atoms with Gasteiger partial charge in [-0.3, -0.25) is 14.2 Å². The average Bonchev–Trinajstić information content (AvgIpc) is 3.17. The highest BCUT2D eigenvalue weighted by atomic mass is 32.2. The number of aliphatic hydroxyl groups is 1. The van der Waals surface area contributed by atoms with E-state index in [-0.39, 0.29) is 29.8 Å². The molecule has 1 N–H and O–H groups in total. The monoisotopic (exact) mass is 833 g/mol. The van der Waals surface area contributed by atoms with Crippen LogP contribution in [0.2, 0.25) is 0 Å². The van der Waals surface area contributed by atoms with Crippen LogP contribution in [0, 0.1) is 5.92 Å². The van der Waals surface area contributed by atoms with Crippen molar-refractivity contribution >= 4 is 29.2 Å². The Balaban J connectivity index is 0.000000351. The quantitative estimate of drug-likeness (QED) is 0.0803. The van der Waals surface area contributed by atoms with Gasteiger partial charge in [-0.25, -0.2) is 14.2 Å². The Bertz CT molecular complexity index is 2040. The van der Waals surface area contributed by atoms with Gasteiger partial charge in [-0.15, -0.1) is 0 Å². The number of aryl methyl sites for hydroxylation is 1. The summed E-state index contributed by atoms with van der Waals surface area (Å²) in [5.41, 5.74) is -0.799. The second kappa shape index (κ2) is 22.2. The lowest BCUT2D eigenvalue weighted by atomic mass is 9.82. The van der Waals surface area contributed by atoms with Crippen LogP contribution in [0.15, 0.2) is 74.6 Å². The summed E-state index contributed by atoms with van der Waals surface area (Å²) in [7, 11) is 2.22. The van der Waals surface area contributed by atoms with Crippen molar-refractivity contribution in [2.75, 3.05) is 19.5 Å². The molecule has 0 radical (unpaired) electrons. The van der Waals surface area contributed by atoms with E-state index in [0.29, 0.717) is 74.7 Å². The fraction of sp³-hybridized carbons (Fsp3) is 0.500. The maximum Gasteiger partial charge on any atom is 0.431 e. The molecule has 1 aromatic heterocycles. The minimum absolute atomic E-state index is 0.00866. The van der Waals surface area contributed by atoms with Crippen LogP contribution in [0.25, 0.3) is 5.69 Å². The number of oxime groups is 1. The summed E-state index contributed by atoms with van der Waals surface area (Å²) in [6.07, 6.45) is -1.35. The summed E-state index contributed by atoms with van der Waals surface area (Å²) in [5.74, 6) is 1.84. The molecule has 318 valence electrons. The summed E-state index contributed by atoms with van der Waals surface area (Å²) in [6, 6.07) is 11.7. The zero-order valence-corrected chi connectivity index (χ0v) is 35.1. The number of ether oxygens (including phenoxy) is 3. The molecule has 0 saturated heterocycles. The molecule has 4 rings (SSSR count). The topological polar surface area (TPSA) is 148 Å². The second-order valence-corrected chi connectivity index (χ2v) is 15.3. The van der Waals surface area contributed by atoms with Gasteiger partial charge < -0.3 is 24.2 Å². The van der Waals surface area contributed by atoms with Crippen molar-refractivity contribution in [2.45, 2.75) is 104 Å². The van der Waals surface area contributed by atoms with E-state index in [9.17, 15) is 37.5 Å². The molecule has 1 aliphatic rings. The molecule has 1 heterocycles. The molecule has 0 bridgehead atoms. The van der Waals surface area contributed by atoms with Crippen LogP contribution in [0.3, 0.4) is 0 Å². The third kappa shape index (κ3) is 13.0. The lowest BCUT2D eigenvalue weighted by Crippen LogP contribution is -2.40. The lowest BCUT2D eigenvalue weighted by Gasteiger charge is -2.25. The van der Waals surface area contributed by atoms with Crippen molar-refractivity contribution < 1.29 is 46.9 Å². The van der Waals surface area contributed by atoms with E-state index in [1.54, 1.807) is 6.92 Å². The highest BCUT2D eigenvalue weighted by Crippen LogP contribution is 2.33. The number of rotatable bonds is 17. The fourth-order valence-corrected chi connectivity index (χ4v) is 7.30. The molecule has 0 saturated carbocycles. The van der Waals surface area contributed by atoms with Crippen molar-refractivity contribution in [2.24, 2.45) is 18.1 Å². The van der Waals surface area contributed by atoms with Crippen LogP contribution < -0.4 is 20.7 Å². The van der Waals surface area contributed by atoms with E-state index < -0.39 is 35.2 Å². The number of carbonyl (C=O) groups excluding carboxylic acids is 2. The number of nitrogens with zero attached hydrogens (tertiary/aromatic N) is 3. The average molecular weight is 834 g/mol.